The third-order valence-corrected chi connectivity index (χ3v) is 2.91. The van der Waals surface area contributed by atoms with Crippen LogP contribution in [0.4, 0.5) is 0 Å². The number of nitrogens with two attached hydrogens (primary N) is 1. The van der Waals surface area contributed by atoms with E-state index in [1.165, 1.54) is 0 Å². The van der Waals surface area contributed by atoms with E-state index in [-0.39, 0.29) is 11.9 Å². The van der Waals surface area contributed by atoms with Crippen molar-refractivity contribution in [1.29, 1.82) is 0 Å². The van der Waals surface area contributed by atoms with Gasteiger partial charge in [-0.1, -0.05) is 12.1 Å². The summed E-state index contributed by atoms with van der Waals surface area (Å²) in [5.41, 5.74) is 7.09. The van der Waals surface area contributed by atoms with Crippen LogP contribution in [0, 0.1) is 0 Å². The molecule has 0 radical (unpaired) electrons. The zero-order valence-corrected chi connectivity index (χ0v) is 11.0. The molecular weight excluding hydrogens is 242 g/mol. The lowest BCUT2D eigenvalue weighted by Crippen LogP contribution is -2.28. The molecule has 3 N–H and O–H groups in total. The molecule has 1 atom stereocenters. The molecule has 1 heterocycles. The maximum atomic E-state index is 12.1. The highest BCUT2D eigenvalue weighted by Crippen LogP contribution is 2.10. The Hall–Kier alpha value is -2.21. The number of aryl methyl sites for hydroxylation is 1. The molecule has 2 aromatic rings. The third kappa shape index (κ3) is 2.97. The van der Waals surface area contributed by atoms with Gasteiger partial charge >= 0.3 is 0 Å². The Bertz CT molecular complexity index is 578. The van der Waals surface area contributed by atoms with Crippen LogP contribution in [0.2, 0.25) is 0 Å². The molecule has 0 spiro atoms. The molecule has 0 bridgehead atoms. The van der Waals surface area contributed by atoms with Gasteiger partial charge in [-0.2, -0.15) is 0 Å². The second-order valence-corrected chi connectivity index (χ2v) is 4.40. The summed E-state index contributed by atoms with van der Waals surface area (Å²) in [5, 5.41) is 10.7. The van der Waals surface area contributed by atoms with E-state index in [2.05, 4.69) is 15.5 Å². The first-order valence-corrected chi connectivity index (χ1v) is 6.05. The Morgan fingerprint density at radius 3 is 2.95 bits per heavy atom. The molecule has 2 rings (SSSR count). The molecule has 1 aromatic carbocycles. The van der Waals surface area contributed by atoms with Gasteiger partial charge in [-0.05, 0) is 24.6 Å². The predicted octanol–water partition coefficient (Wildman–Crippen LogP) is 0.765. The second kappa shape index (κ2) is 5.62. The van der Waals surface area contributed by atoms with Crippen LogP contribution in [0.5, 0.6) is 0 Å². The van der Waals surface area contributed by atoms with Crippen LogP contribution in [0.3, 0.4) is 0 Å². The average molecular weight is 259 g/mol. The number of benzene rings is 1. The number of hydrogen-bond donors (Lipinski definition) is 2. The summed E-state index contributed by atoms with van der Waals surface area (Å²) in [6.07, 6.45) is 1.60. The van der Waals surface area contributed by atoms with Crippen molar-refractivity contribution in [2.75, 3.05) is 0 Å². The lowest BCUT2D eigenvalue weighted by atomic mass is 10.1. The first kappa shape index (κ1) is 13.2. The third-order valence-electron chi connectivity index (χ3n) is 2.91. The average Bonchev–Trinajstić information content (AvgIpc) is 2.85. The summed E-state index contributed by atoms with van der Waals surface area (Å²) in [6, 6.07) is 7.06. The number of aromatic nitrogens is 3. The van der Waals surface area contributed by atoms with Crippen molar-refractivity contribution in [2.24, 2.45) is 12.8 Å². The maximum Gasteiger partial charge on any atom is 0.251 e. The fourth-order valence-corrected chi connectivity index (χ4v) is 1.87. The van der Waals surface area contributed by atoms with Gasteiger partial charge in [0, 0.05) is 19.2 Å². The summed E-state index contributed by atoms with van der Waals surface area (Å²) >= 11 is 0. The molecule has 0 aliphatic carbocycles. The van der Waals surface area contributed by atoms with Gasteiger partial charge in [0.2, 0.25) is 0 Å². The molecule has 0 saturated carbocycles. The molecule has 100 valence electrons. The number of hydrogen-bond acceptors (Lipinski definition) is 4. The normalized spacial score (nSPS) is 12.2. The Morgan fingerprint density at radius 1 is 1.53 bits per heavy atom. The molecule has 0 saturated heterocycles. The number of nitrogens with zero attached hydrogens (tertiary/aromatic N) is 3. The SMILES string of the molecule is CC(NC(=O)c1cccc(CN)c1)c1nncn1C. The van der Waals surface area contributed by atoms with Crippen molar-refractivity contribution >= 4 is 5.91 Å². The lowest BCUT2D eigenvalue weighted by Gasteiger charge is -2.13. The highest BCUT2D eigenvalue weighted by Gasteiger charge is 2.15. The quantitative estimate of drug-likeness (QED) is 0.849. The van der Waals surface area contributed by atoms with Crippen LogP contribution in [-0.4, -0.2) is 20.7 Å². The summed E-state index contributed by atoms with van der Waals surface area (Å²) in [4.78, 5) is 12.1. The minimum Gasteiger partial charge on any atom is -0.342 e. The van der Waals surface area contributed by atoms with E-state index >= 15 is 0 Å². The minimum absolute atomic E-state index is 0.147. The molecular formula is C13H17N5O. The number of carbonyl (C=O) groups excluding carboxylic acids is 1. The number of amides is 1. The van der Waals surface area contributed by atoms with Crippen molar-refractivity contribution in [3.63, 3.8) is 0 Å². The van der Waals surface area contributed by atoms with Crippen LogP contribution in [0.15, 0.2) is 30.6 Å². The molecule has 1 aromatic heterocycles. The summed E-state index contributed by atoms with van der Waals surface area (Å²) < 4.78 is 1.78. The fraction of sp³-hybridized carbons (Fsp3) is 0.308. The number of nitrogens with one attached hydrogen (secondary N) is 1. The van der Waals surface area contributed by atoms with Gasteiger partial charge in [0.15, 0.2) is 5.82 Å². The van der Waals surface area contributed by atoms with E-state index < -0.39 is 0 Å². The van der Waals surface area contributed by atoms with Gasteiger partial charge in [0.25, 0.3) is 5.91 Å². The Labute approximate surface area is 111 Å². The Kier molecular flexibility index (Phi) is 3.91. The molecule has 0 fully saturated rings. The molecule has 6 heteroatoms. The summed E-state index contributed by atoms with van der Waals surface area (Å²) in [6.45, 7) is 2.29. The number of carbonyl (C=O) groups is 1. The van der Waals surface area contributed by atoms with Crippen LogP contribution in [-0.2, 0) is 13.6 Å². The van der Waals surface area contributed by atoms with Crippen molar-refractivity contribution in [3.8, 4) is 0 Å². The van der Waals surface area contributed by atoms with Gasteiger partial charge in [-0.25, -0.2) is 0 Å². The standard InChI is InChI=1S/C13H17N5O/c1-9(12-17-15-8-18(12)2)16-13(19)11-5-3-4-10(6-11)7-14/h3-6,8-9H,7,14H2,1-2H3,(H,16,19). The monoisotopic (exact) mass is 259 g/mol. The first-order chi connectivity index (χ1) is 9.11. The van der Waals surface area contributed by atoms with E-state index in [4.69, 9.17) is 5.73 Å². The highest BCUT2D eigenvalue weighted by molar-refractivity contribution is 5.94. The molecule has 1 unspecified atom stereocenters. The summed E-state index contributed by atoms with van der Waals surface area (Å²) in [7, 11) is 1.84. The molecule has 1 amide bonds. The largest absolute Gasteiger partial charge is 0.342 e. The second-order valence-electron chi connectivity index (χ2n) is 4.40. The van der Waals surface area contributed by atoms with E-state index in [0.29, 0.717) is 17.9 Å². The van der Waals surface area contributed by atoms with Gasteiger partial charge < -0.3 is 15.6 Å². The minimum atomic E-state index is -0.207. The van der Waals surface area contributed by atoms with Gasteiger partial charge in [0.05, 0.1) is 6.04 Å². The number of rotatable bonds is 4. The van der Waals surface area contributed by atoms with Crippen LogP contribution >= 0.6 is 0 Å². The van der Waals surface area contributed by atoms with Gasteiger partial charge in [-0.15, -0.1) is 10.2 Å². The molecule has 19 heavy (non-hydrogen) atoms. The van der Waals surface area contributed by atoms with E-state index in [1.807, 2.05) is 26.1 Å². The predicted molar refractivity (Wildman–Crippen MR) is 71.2 cm³/mol. The van der Waals surface area contributed by atoms with Crippen molar-refractivity contribution < 1.29 is 4.79 Å². The zero-order chi connectivity index (χ0) is 13.8. The van der Waals surface area contributed by atoms with Crippen LogP contribution in [0.25, 0.3) is 0 Å². The smallest absolute Gasteiger partial charge is 0.251 e. The van der Waals surface area contributed by atoms with Crippen molar-refractivity contribution in [2.45, 2.75) is 19.5 Å². The Morgan fingerprint density at radius 2 is 2.32 bits per heavy atom. The van der Waals surface area contributed by atoms with Crippen molar-refractivity contribution in [1.82, 2.24) is 20.1 Å². The molecule has 0 aliphatic heterocycles. The lowest BCUT2D eigenvalue weighted by molar-refractivity contribution is 0.0937. The fourth-order valence-electron chi connectivity index (χ4n) is 1.87. The highest BCUT2D eigenvalue weighted by atomic mass is 16.1. The topological polar surface area (TPSA) is 85.8 Å². The molecule has 0 aliphatic rings. The van der Waals surface area contributed by atoms with Crippen molar-refractivity contribution in [3.05, 3.63) is 47.5 Å². The first-order valence-electron chi connectivity index (χ1n) is 6.05. The zero-order valence-electron chi connectivity index (χ0n) is 11.0. The van der Waals surface area contributed by atoms with Gasteiger partial charge in [-0.3, -0.25) is 4.79 Å². The van der Waals surface area contributed by atoms with E-state index in [1.54, 1.807) is 23.0 Å². The summed E-state index contributed by atoms with van der Waals surface area (Å²) in [5.74, 6) is 0.564. The van der Waals surface area contributed by atoms with E-state index in [0.717, 1.165) is 5.56 Å². The van der Waals surface area contributed by atoms with Crippen LogP contribution < -0.4 is 11.1 Å². The van der Waals surface area contributed by atoms with E-state index in [9.17, 15) is 4.79 Å². The molecule has 6 nitrogen and oxygen atoms in total. The maximum absolute atomic E-state index is 12.1. The van der Waals surface area contributed by atoms with Crippen LogP contribution in [0.1, 0.15) is 34.7 Å². The van der Waals surface area contributed by atoms with Gasteiger partial charge in [0.1, 0.15) is 6.33 Å². The Balaban J connectivity index is 2.10.